The van der Waals surface area contributed by atoms with E-state index in [4.69, 9.17) is 0 Å². The number of nitrogens with zero attached hydrogens (tertiary/aromatic N) is 1. The number of benzene rings is 1. The van der Waals surface area contributed by atoms with Crippen LogP contribution in [0.25, 0.3) is 0 Å². The second-order valence-corrected chi connectivity index (χ2v) is 4.52. The molecule has 0 aliphatic heterocycles. The van der Waals surface area contributed by atoms with Gasteiger partial charge in [-0.2, -0.15) is 0 Å². The van der Waals surface area contributed by atoms with Gasteiger partial charge in [0.2, 0.25) is 0 Å². The quantitative estimate of drug-likeness (QED) is 0.853. The van der Waals surface area contributed by atoms with E-state index in [2.05, 4.69) is 11.6 Å². The van der Waals surface area contributed by atoms with Crippen LogP contribution < -0.4 is 11.2 Å². The van der Waals surface area contributed by atoms with Gasteiger partial charge in [-0.05, 0) is 25.0 Å². The summed E-state index contributed by atoms with van der Waals surface area (Å²) in [7, 11) is 0. The zero-order valence-electron chi connectivity index (χ0n) is 11.0. The number of hydrogen-bond acceptors (Lipinski definition) is 2. The molecule has 1 unspecified atom stereocenters. The fraction of sp³-hybridized carbons (Fsp3) is 0.200. The predicted molar refractivity (Wildman–Crippen MR) is 75.6 cm³/mol. The Hall–Kier alpha value is -2.36. The summed E-state index contributed by atoms with van der Waals surface area (Å²) in [5.74, 6) is 0. The Morgan fingerprint density at radius 2 is 1.89 bits per heavy atom. The lowest BCUT2D eigenvalue weighted by Crippen LogP contribution is -2.33. The van der Waals surface area contributed by atoms with Crippen molar-refractivity contribution in [1.29, 1.82) is 0 Å². The molecular weight excluding hydrogens is 240 g/mol. The van der Waals surface area contributed by atoms with Crippen LogP contribution in [0.3, 0.4) is 0 Å². The SMILES string of the molecule is C=CC(c1ccccc1C)n1cc(C)c(=O)[nH]c1=O. The average Bonchev–Trinajstić information content (AvgIpc) is 2.38. The minimum atomic E-state index is -0.427. The van der Waals surface area contributed by atoms with Crippen LogP contribution in [0.15, 0.2) is 52.7 Å². The maximum atomic E-state index is 11.9. The second-order valence-electron chi connectivity index (χ2n) is 4.52. The number of rotatable bonds is 3. The molecular formula is C15H16N2O2. The summed E-state index contributed by atoms with van der Waals surface area (Å²) in [6.45, 7) is 7.45. The highest BCUT2D eigenvalue weighted by atomic mass is 16.2. The van der Waals surface area contributed by atoms with Gasteiger partial charge in [0, 0.05) is 11.8 Å². The van der Waals surface area contributed by atoms with Crippen molar-refractivity contribution in [1.82, 2.24) is 9.55 Å². The molecule has 19 heavy (non-hydrogen) atoms. The van der Waals surface area contributed by atoms with Crippen molar-refractivity contribution in [3.63, 3.8) is 0 Å². The lowest BCUT2D eigenvalue weighted by atomic mass is 10.0. The van der Waals surface area contributed by atoms with E-state index < -0.39 is 5.69 Å². The highest BCUT2D eigenvalue weighted by Crippen LogP contribution is 2.21. The number of aromatic nitrogens is 2. The standard InChI is InChI=1S/C15H16N2O2/c1-4-13(12-8-6-5-7-10(12)2)17-9-11(3)14(18)16-15(17)19/h4-9,13H,1H2,2-3H3,(H,16,18,19). The van der Waals surface area contributed by atoms with E-state index in [1.54, 1.807) is 19.2 Å². The lowest BCUT2D eigenvalue weighted by Gasteiger charge is -2.18. The van der Waals surface area contributed by atoms with Crippen molar-refractivity contribution >= 4 is 0 Å². The number of nitrogens with one attached hydrogen (secondary N) is 1. The van der Waals surface area contributed by atoms with E-state index in [-0.39, 0.29) is 11.6 Å². The zero-order valence-corrected chi connectivity index (χ0v) is 11.0. The molecule has 0 aliphatic carbocycles. The normalized spacial score (nSPS) is 12.1. The summed E-state index contributed by atoms with van der Waals surface area (Å²) >= 11 is 0. The highest BCUT2D eigenvalue weighted by Gasteiger charge is 2.14. The summed E-state index contributed by atoms with van der Waals surface area (Å²) < 4.78 is 1.49. The van der Waals surface area contributed by atoms with Crippen LogP contribution in [-0.2, 0) is 0 Å². The summed E-state index contributed by atoms with van der Waals surface area (Å²) in [4.78, 5) is 25.7. The molecule has 0 aliphatic rings. The van der Waals surface area contributed by atoms with Crippen LogP contribution in [0.2, 0.25) is 0 Å². The molecule has 0 radical (unpaired) electrons. The van der Waals surface area contributed by atoms with Gasteiger partial charge in [-0.3, -0.25) is 14.3 Å². The molecule has 1 aromatic heterocycles. The summed E-state index contributed by atoms with van der Waals surface area (Å²) in [5.41, 5.74) is 1.78. The topological polar surface area (TPSA) is 54.9 Å². The molecule has 0 saturated heterocycles. The van der Waals surface area contributed by atoms with E-state index in [0.29, 0.717) is 5.56 Å². The van der Waals surface area contributed by atoms with E-state index in [1.165, 1.54) is 4.57 Å². The van der Waals surface area contributed by atoms with Gasteiger partial charge in [0.15, 0.2) is 0 Å². The minimum Gasteiger partial charge on any atom is -0.289 e. The first-order chi connectivity index (χ1) is 9.04. The van der Waals surface area contributed by atoms with Crippen molar-refractivity contribution in [3.8, 4) is 0 Å². The Balaban J connectivity index is 2.65. The van der Waals surface area contributed by atoms with Crippen LogP contribution in [0.4, 0.5) is 0 Å². The lowest BCUT2D eigenvalue weighted by molar-refractivity contribution is 0.637. The van der Waals surface area contributed by atoms with Crippen molar-refractivity contribution < 1.29 is 0 Å². The molecule has 0 saturated carbocycles. The highest BCUT2D eigenvalue weighted by molar-refractivity contribution is 5.32. The molecule has 0 fully saturated rings. The molecule has 2 rings (SSSR count). The predicted octanol–water partition coefficient (Wildman–Crippen LogP) is 1.93. The van der Waals surface area contributed by atoms with E-state index in [9.17, 15) is 9.59 Å². The fourth-order valence-corrected chi connectivity index (χ4v) is 2.10. The first-order valence-corrected chi connectivity index (χ1v) is 6.04. The molecule has 1 atom stereocenters. The van der Waals surface area contributed by atoms with Crippen molar-refractivity contribution in [3.05, 3.63) is 80.6 Å². The van der Waals surface area contributed by atoms with Gasteiger partial charge in [-0.25, -0.2) is 4.79 Å². The number of H-pyrrole nitrogens is 1. The summed E-state index contributed by atoms with van der Waals surface area (Å²) in [6.07, 6.45) is 3.27. The number of aromatic amines is 1. The Bertz CT molecular complexity index is 725. The van der Waals surface area contributed by atoms with Gasteiger partial charge in [0.25, 0.3) is 5.56 Å². The molecule has 1 N–H and O–H groups in total. The molecule has 4 heteroatoms. The summed E-state index contributed by atoms with van der Waals surface area (Å²) in [6, 6.07) is 7.51. The molecule has 2 aromatic rings. The van der Waals surface area contributed by atoms with Gasteiger partial charge >= 0.3 is 5.69 Å². The zero-order chi connectivity index (χ0) is 14.0. The van der Waals surface area contributed by atoms with Crippen molar-refractivity contribution in [2.24, 2.45) is 0 Å². The fourth-order valence-electron chi connectivity index (χ4n) is 2.10. The minimum absolute atomic E-state index is 0.288. The van der Waals surface area contributed by atoms with Crippen LogP contribution in [0, 0.1) is 13.8 Å². The Morgan fingerprint density at radius 1 is 1.21 bits per heavy atom. The van der Waals surface area contributed by atoms with E-state index in [1.807, 2.05) is 31.2 Å². The number of aryl methyl sites for hydroxylation is 2. The van der Waals surface area contributed by atoms with Gasteiger partial charge in [0.1, 0.15) is 0 Å². The molecule has 0 bridgehead atoms. The Labute approximate surface area is 111 Å². The van der Waals surface area contributed by atoms with Crippen LogP contribution in [-0.4, -0.2) is 9.55 Å². The Kier molecular flexibility index (Phi) is 3.51. The van der Waals surface area contributed by atoms with E-state index >= 15 is 0 Å². The van der Waals surface area contributed by atoms with Crippen molar-refractivity contribution in [2.75, 3.05) is 0 Å². The molecule has 4 nitrogen and oxygen atoms in total. The average molecular weight is 256 g/mol. The molecule has 98 valence electrons. The third-order valence-corrected chi connectivity index (χ3v) is 3.18. The van der Waals surface area contributed by atoms with Crippen LogP contribution in [0.1, 0.15) is 22.7 Å². The monoisotopic (exact) mass is 256 g/mol. The largest absolute Gasteiger partial charge is 0.329 e. The summed E-state index contributed by atoms with van der Waals surface area (Å²) in [5, 5.41) is 0. The molecule has 0 amide bonds. The maximum Gasteiger partial charge on any atom is 0.329 e. The van der Waals surface area contributed by atoms with Crippen LogP contribution in [0.5, 0.6) is 0 Å². The first kappa shape index (κ1) is 13.1. The van der Waals surface area contributed by atoms with Crippen LogP contribution >= 0.6 is 0 Å². The molecule has 1 heterocycles. The van der Waals surface area contributed by atoms with Gasteiger partial charge < -0.3 is 0 Å². The van der Waals surface area contributed by atoms with Gasteiger partial charge in [-0.1, -0.05) is 30.3 Å². The first-order valence-electron chi connectivity index (χ1n) is 6.04. The Morgan fingerprint density at radius 3 is 2.53 bits per heavy atom. The molecule has 1 aromatic carbocycles. The third kappa shape index (κ3) is 2.42. The number of hydrogen-bond donors (Lipinski definition) is 1. The van der Waals surface area contributed by atoms with Gasteiger partial charge in [-0.15, -0.1) is 6.58 Å². The maximum absolute atomic E-state index is 11.9. The van der Waals surface area contributed by atoms with Crippen molar-refractivity contribution in [2.45, 2.75) is 19.9 Å². The smallest absolute Gasteiger partial charge is 0.289 e. The number of allylic oxidation sites excluding steroid dienone is 1. The second kappa shape index (κ2) is 5.10. The molecule has 0 spiro atoms. The van der Waals surface area contributed by atoms with Gasteiger partial charge in [0.05, 0.1) is 6.04 Å². The van der Waals surface area contributed by atoms with E-state index in [0.717, 1.165) is 11.1 Å². The third-order valence-electron chi connectivity index (χ3n) is 3.18.